The van der Waals surface area contributed by atoms with Crippen LogP contribution in [0.1, 0.15) is 44.8 Å². The van der Waals surface area contributed by atoms with Gasteiger partial charge in [-0.25, -0.2) is 0 Å². The van der Waals surface area contributed by atoms with Gasteiger partial charge in [0.15, 0.2) is 5.82 Å². The summed E-state index contributed by atoms with van der Waals surface area (Å²) >= 11 is 0. The van der Waals surface area contributed by atoms with Crippen LogP contribution in [-0.4, -0.2) is 28.0 Å². The lowest BCUT2D eigenvalue weighted by molar-refractivity contribution is -0.128. The van der Waals surface area contributed by atoms with Crippen LogP contribution in [0.4, 0.5) is 0 Å². The second kappa shape index (κ2) is 7.50. The van der Waals surface area contributed by atoms with Crippen molar-refractivity contribution in [1.82, 2.24) is 20.8 Å². The van der Waals surface area contributed by atoms with Crippen molar-refractivity contribution in [3.05, 3.63) is 11.7 Å². The van der Waals surface area contributed by atoms with Crippen molar-refractivity contribution in [3.63, 3.8) is 0 Å². The van der Waals surface area contributed by atoms with Gasteiger partial charge in [0.25, 0.3) is 0 Å². The molecule has 1 rings (SSSR count). The van der Waals surface area contributed by atoms with Gasteiger partial charge in [-0.15, -0.1) is 0 Å². The van der Waals surface area contributed by atoms with E-state index >= 15 is 0 Å². The lowest BCUT2D eigenvalue weighted by Gasteiger charge is -2.16. The maximum Gasteiger partial charge on any atom is 0.242 e. The van der Waals surface area contributed by atoms with E-state index in [-0.39, 0.29) is 18.4 Å². The van der Waals surface area contributed by atoms with E-state index in [1.807, 2.05) is 6.92 Å². The molecule has 0 spiro atoms. The number of unbranched alkanes of at least 4 members (excludes halogenated alkanes) is 1. The highest BCUT2D eigenvalue weighted by Gasteiger charge is 2.18. The van der Waals surface area contributed by atoms with Crippen molar-refractivity contribution in [2.24, 2.45) is 0 Å². The maximum absolute atomic E-state index is 12.0. The molecule has 1 aromatic heterocycles. The highest BCUT2D eigenvalue weighted by molar-refractivity contribution is 5.86. The van der Waals surface area contributed by atoms with E-state index < -0.39 is 6.04 Å². The average molecular weight is 268 g/mol. The molecule has 19 heavy (non-hydrogen) atoms. The number of rotatable bonds is 7. The predicted octanol–water partition coefficient (Wildman–Crippen LogP) is 0.689. The number of carbonyl (C=O) groups excluding carboxylic acids is 2. The Morgan fingerprint density at radius 1 is 1.42 bits per heavy atom. The molecule has 2 amide bonds. The van der Waals surface area contributed by atoms with E-state index in [2.05, 4.69) is 20.8 Å². The summed E-state index contributed by atoms with van der Waals surface area (Å²) in [5.74, 6) is 0.425. The van der Waals surface area contributed by atoms with Crippen molar-refractivity contribution in [3.8, 4) is 0 Å². The van der Waals surface area contributed by atoms with Gasteiger partial charge in [-0.05, 0) is 6.42 Å². The fourth-order valence-electron chi connectivity index (χ4n) is 1.62. The molecule has 1 heterocycles. The van der Waals surface area contributed by atoms with Gasteiger partial charge in [0, 0.05) is 13.8 Å². The molecule has 2 N–H and O–H groups in total. The largest absolute Gasteiger partial charge is 0.347 e. The maximum atomic E-state index is 12.0. The Kier molecular flexibility index (Phi) is 5.98. The van der Waals surface area contributed by atoms with Crippen LogP contribution in [0.5, 0.6) is 0 Å². The Balaban J connectivity index is 2.48. The second-order valence-corrected chi connectivity index (χ2v) is 4.34. The fraction of sp³-hybridized carbons (Fsp3) is 0.667. The molecular weight excluding hydrogens is 248 g/mol. The summed E-state index contributed by atoms with van der Waals surface area (Å²) in [5.41, 5.74) is 0. The van der Waals surface area contributed by atoms with E-state index in [0.29, 0.717) is 18.1 Å². The molecule has 0 saturated carbocycles. The lowest BCUT2D eigenvalue weighted by atomic mass is 10.1. The smallest absolute Gasteiger partial charge is 0.242 e. The Labute approximate surface area is 112 Å². The number of aryl methyl sites for hydroxylation is 1. The third-order valence-electron chi connectivity index (χ3n) is 2.53. The number of nitrogens with one attached hydrogen (secondary N) is 2. The van der Waals surface area contributed by atoms with Crippen LogP contribution >= 0.6 is 0 Å². The molecule has 0 saturated heterocycles. The molecule has 0 radical (unpaired) electrons. The highest BCUT2D eigenvalue weighted by atomic mass is 16.5. The predicted molar refractivity (Wildman–Crippen MR) is 68.0 cm³/mol. The van der Waals surface area contributed by atoms with E-state index in [0.717, 1.165) is 12.8 Å². The van der Waals surface area contributed by atoms with E-state index in [9.17, 15) is 9.59 Å². The molecule has 0 bridgehead atoms. The second-order valence-electron chi connectivity index (χ2n) is 4.34. The number of hydrogen-bond acceptors (Lipinski definition) is 5. The van der Waals surface area contributed by atoms with Crippen molar-refractivity contribution in [1.29, 1.82) is 0 Å². The van der Waals surface area contributed by atoms with Crippen LogP contribution in [0.2, 0.25) is 0 Å². The number of amides is 2. The molecule has 106 valence electrons. The fourth-order valence-corrected chi connectivity index (χ4v) is 1.62. The summed E-state index contributed by atoms with van der Waals surface area (Å²) in [6.45, 7) is 5.30. The zero-order valence-corrected chi connectivity index (χ0v) is 11.5. The minimum atomic E-state index is -0.509. The highest BCUT2D eigenvalue weighted by Crippen LogP contribution is 2.02. The molecule has 7 nitrogen and oxygen atoms in total. The van der Waals surface area contributed by atoms with E-state index in [4.69, 9.17) is 4.52 Å². The van der Waals surface area contributed by atoms with Gasteiger partial charge >= 0.3 is 0 Å². The summed E-state index contributed by atoms with van der Waals surface area (Å²) in [5, 5.41) is 9.01. The SMILES string of the molecule is CCCC[C@H](NC(C)=O)C(=O)NCc1noc(C)n1. The summed E-state index contributed by atoms with van der Waals surface area (Å²) in [6, 6.07) is -0.509. The van der Waals surface area contributed by atoms with Gasteiger partial charge in [-0.2, -0.15) is 4.98 Å². The third-order valence-corrected chi connectivity index (χ3v) is 2.53. The quantitative estimate of drug-likeness (QED) is 0.758. The van der Waals surface area contributed by atoms with E-state index in [1.165, 1.54) is 6.92 Å². The summed E-state index contributed by atoms with van der Waals surface area (Å²) < 4.78 is 4.80. The molecule has 0 aliphatic heterocycles. The Bertz CT molecular complexity index is 430. The molecule has 7 heteroatoms. The topological polar surface area (TPSA) is 97.1 Å². The first-order chi connectivity index (χ1) is 9.02. The monoisotopic (exact) mass is 268 g/mol. The number of hydrogen-bond donors (Lipinski definition) is 2. The van der Waals surface area contributed by atoms with Gasteiger partial charge in [-0.1, -0.05) is 24.9 Å². The standard InChI is InChI=1S/C12H20N4O3/c1-4-5-6-10(14-8(2)17)12(18)13-7-11-15-9(3)19-16-11/h10H,4-7H2,1-3H3,(H,13,18)(H,14,17)/t10-/m0/s1. The normalized spacial score (nSPS) is 11.9. The molecule has 0 aliphatic rings. The number of aromatic nitrogens is 2. The minimum Gasteiger partial charge on any atom is -0.347 e. The summed E-state index contributed by atoms with van der Waals surface area (Å²) in [7, 11) is 0. The lowest BCUT2D eigenvalue weighted by Crippen LogP contribution is -2.45. The van der Waals surface area contributed by atoms with Crippen LogP contribution < -0.4 is 10.6 Å². The molecule has 1 aromatic rings. The van der Waals surface area contributed by atoms with Gasteiger partial charge in [-0.3, -0.25) is 9.59 Å². The van der Waals surface area contributed by atoms with Crippen molar-refractivity contribution < 1.29 is 14.1 Å². The zero-order chi connectivity index (χ0) is 14.3. The number of carbonyl (C=O) groups is 2. The molecular formula is C12H20N4O3. The van der Waals surface area contributed by atoms with Crippen LogP contribution in [0.25, 0.3) is 0 Å². The molecule has 0 fully saturated rings. The Hall–Kier alpha value is -1.92. The van der Waals surface area contributed by atoms with E-state index in [1.54, 1.807) is 6.92 Å². The first-order valence-corrected chi connectivity index (χ1v) is 6.37. The first-order valence-electron chi connectivity index (χ1n) is 6.37. The molecule has 0 aliphatic carbocycles. The Morgan fingerprint density at radius 2 is 2.16 bits per heavy atom. The van der Waals surface area contributed by atoms with Gasteiger partial charge < -0.3 is 15.2 Å². The number of nitrogens with zero attached hydrogens (tertiary/aromatic N) is 2. The first kappa shape index (κ1) is 15.1. The summed E-state index contributed by atoms with van der Waals surface area (Å²) in [4.78, 5) is 27.0. The zero-order valence-electron chi connectivity index (χ0n) is 11.5. The molecule has 0 aromatic carbocycles. The Morgan fingerprint density at radius 3 is 2.68 bits per heavy atom. The van der Waals surface area contributed by atoms with Gasteiger partial charge in [0.2, 0.25) is 17.7 Å². The minimum absolute atomic E-state index is 0.193. The van der Waals surface area contributed by atoms with Crippen LogP contribution in [0.3, 0.4) is 0 Å². The van der Waals surface area contributed by atoms with Crippen LogP contribution in [0.15, 0.2) is 4.52 Å². The van der Waals surface area contributed by atoms with Crippen molar-refractivity contribution >= 4 is 11.8 Å². The van der Waals surface area contributed by atoms with Crippen molar-refractivity contribution in [2.75, 3.05) is 0 Å². The average Bonchev–Trinajstić information content (AvgIpc) is 2.77. The van der Waals surface area contributed by atoms with Crippen LogP contribution in [-0.2, 0) is 16.1 Å². The van der Waals surface area contributed by atoms with Crippen molar-refractivity contribution in [2.45, 2.75) is 52.6 Å². The summed E-state index contributed by atoms with van der Waals surface area (Å²) in [6.07, 6.45) is 2.46. The van der Waals surface area contributed by atoms with Crippen LogP contribution in [0, 0.1) is 6.92 Å². The van der Waals surface area contributed by atoms with Gasteiger partial charge in [0.05, 0.1) is 6.54 Å². The molecule has 0 unspecified atom stereocenters. The third kappa shape index (κ3) is 5.50. The van der Waals surface area contributed by atoms with Gasteiger partial charge in [0.1, 0.15) is 6.04 Å². The molecule has 1 atom stereocenters.